The number of carbonyl (C=O) groups is 1. The van der Waals surface area contributed by atoms with Crippen LogP contribution in [0.2, 0.25) is 0 Å². The van der Waals surface area contributed by atoms with E-state index in [2.05, 4.69) is 19.7 Å². The first kappa shape index (κ1) is 16.2. The molecule has 0 radical (unpaired) electrons. The van der Waals surface area contributed by atoms with E-state index in [9.17, 15) is 20.0 Å². The summed E-state index contributed by atoms with van der Waals surface area (Å²) in [6, 6.07) is 5.59. The minimum atomic E-state index is -0.938. The second kappa shape index (κ2) is 7.70. The van der Waals surface area contributed by atoms with Gasteiger partial charge in [-0.05, 0) is 6.07 Å². The van der Waals surface area contributed by atoms with Gasteiger partial charge in [0.15, 0.2) is 11.4 Å². The third-order valence-electron chi connectivity index (χ3n) is 2.27. The molecule has 1 aromatic carbocycles. The van der Waals surface area contributed by atoms with Crippen molar-refractivity contribution in [3.8, 4) is 0 Å². The molecule has 0 saturated heterocycles. The van der Waals surface area contributed by atoms with Gasteiger partial charge in [0.2, 0.25) is 5.70 Å². The van der Waals surface area contributed by atoms with Gasteiger partial charge in [-0.25, -0.2) is 4.79 Å². The Hall–Kier alpha value is -2.81. The summed E-state index contributed by atoms with van der Waals surface area (Å²) in [5.41, 5.74) is -0.830. The van der Waals surface area contributed by atoms with Gasteiger partial charge in [-0.2, -0.15) is 0 Å². The number of benzene rings is 1. The van der Waals surface area contributed by atoms with Crippen LogP contribution in [0.15, 0.2) is 46.0 Å². The zero-order chi connectivity index (χ0) is 15.8. The first-order valence-electron chi connectivity index (χ1n) is 5.65. The van der Waals surface area contributed by atoms with Gasteiger partial charge in [0.1, 0.15) is 6.61 Å². The van der Waals surface area contributed by atoms with E-state index in [-0.39, 0.29) is 18.0 Å². The van der Waals surface area contributed by atoms with Gasteiger partial charge in [0, 0.05) is 13.2 Å². The van der Waals surface area contributed by atoms with E-state index < -0.39 is 22.3 Å². The largest absolute Gasteiger partial charge is 0.507 e. The standard InChI is InChI=1S/C12H13N3O6/c1-20-7-10(16)11(12(17)21-2)14-13-8-5-3-4-6-9(8)15(18)19/h3-6,16H,7H2,1-2H3/b11-10-,14-13?. The van der Waals surface area contributed by atoms with Gasteiger partial charge in [0.05, 0.1) is 12.0 Å². The minimum absolute atomic E-state index is 0.0610. The van der Waals surface area contributed by atoms with Gasteiger partial charge in [-0.3, -0.25) is 10.1 Å². The number of rotatable bonds is 6. The lowest BCUT2D eigenvalue weighted by Crippen LogP contribution is -2.08. The summed E-state index contributed by atoms with van der Waals surface area (Å²) in [7, 11) is 2.41. The summed E-state index contributed by atoms with van der Waals surface area (Å²) < 4.78 is 9.11. The molecule has 21 heavy (non-hydrogen) atoms. The lowest BCUT2D eigenvalue weighted by molar-refractivity contribution is -0.384. The number of aliphatic hydroxyl groups is 1. The molecule has 0 atom stereocenters. The Morgan fingerprint density at radius 3 is 2.62 bits per heavy atom. The Balaban J connectivity index is 3.18. The normalized spacial score (nSPS) is 12.1. The molecular formula is C12H13N3O6. The molecule has 0 heterocycles. The number of azo groups is 1. The topological polar surface area (TPSA) is 124 Å². The zero-order valence-electron chi connectivity index (χ0n) is 11.3. The summed E-state index contributed by atoms with van der Waals surface area (Å²) >= 11 is 0. The Morgan fingerprint density at radius 2 is 2.05 bits per heavy atom. The molecule has 0 aliphatic rings. The molecule has 0 bridgehead atoms. The molecule has 0 aromatic heterocycles. The second-order valence-corrected chi connectivity index (χ2v) is 3.67. The van der Waals surface area contributed by atoms with Gasteiger partial charge >= 0.3 is 5.97 Å². The third kappa shape index (κ3) is 4.35. The van der Waals surface area contributed by atoms with Crippen LogP contribution in [0.3, 0.4) is 0 Å². The SMILES string of the molecule is COC/C(O)=C(/N=Nc1ccccc1[N+](=O)[O-])C(=O)OC. The van der Waals surface area contributed by atoms with E-state index >= 15 is 0 Å². The highest BCUT2D eigenvalue weighted by Gasteiger charge is 2.17. The molecular weight excluding hydrogens is 282 g/mol. The number of esters is 1. The van der Waals surface area contributed by atoms with Crippen molar-refractivity contribution < 1.29 is 24.3 Å². The highest BCUT2D eigenvalue weighted by Crippen LogP contribution is 2.27. The Bertz CT molecular complexity index is 596. The van der Waals surface area contributed by atoms with Crippen molar-refractivity contribution in [3.63, 3.8) is 0 Å². The predicted octanol–water partition coefficient (Wildman–Crippen LogP) is 2.27. The number of hydrogen-bond donors (Lipinski definition) is 1. The van der Waals surface area contributed by atoms with Crippen molar-refractivity contribution >= 4 is 17.3 Å². The molecule has 112 valence electrons. The highest BCUT2D eigenvalue weighted by molar-refractivity contribution is 5.88. The van der Waals surface area contributed by atoms with E-state index in [1.807, 2.05) is 0 Å². The van der Waals surface area contributed by atoms with Crippen LogP contribution in [-0.4, -0.2) is 36.8 Å². The monoisotopic (exact) mass is 295 g/mol. The third-order valence-corrected chi connectivity index (χ3v) is 2.27. The number of nitro groups is 1. The van der Waals surface area contributed by atoms with Gasteiger partial charge in [-0.1, -0.05) is 12.1 Å². The van der Waals surface area contributed by atoms with E-state index in [0.717, 1.165) is 7.11 Å². The molecule has 0 aliphatic heterocycles. The number of nitro benzene ring substituents is 1. The number of para-hydroxylation sites is 1. The van der Waals surface area contributed by atoms with E-state index in [4.69, 9.17) is 0 Å². The average molecular weight is 295 g/mol. The van der Waals surface area contributed by atoms with Crippen LogP contribution < -0.4 is 0 Å². The first-order chi connectivity index (χ1) is 10.0. The number of carbonyl (C=O) groups excluding carboxylic acids is 1. The fraction of sp³-hybridized carbons (Fsp3) is 0.250. The summed E-state index contributed by atoms with van der Waals surface area (Å²) in [4.78, 5) is 21.7. The maximum absolute atomic E-state index is 11.5. The van der Waals surface area contributed by atoms with Crippen LogP contribution in [0.5, 0.6) is 0 Å². The Kier molecular flexibility index (Phi) is 5.96. The molecule has 0 aliphatic carbocycles. The molecule has 0 unspecified atom stereocenters. The second-order valence-electron chi connectivity index (χ2n) is 3.67. The zero-order valence-corrected chi connectivity index (χ0v) is 11.3. The van der Waals surface area contributed by atoms with Crippen LogP contribution in [0, 0.1) is 10.1 Å². The van der Waals surface area contributed by atoms with Gasteiger partial charge in [0.25, 0.3) is 5.69 Å². The number of hydrogen-bond acceptors (Lipinski definition) is 8. The van der Waals surface area contributed by atoms with Crippen LogP contribution in [-0.2, 0) is 14.3 Å². The minimum Gasteiger partial charge on any atom is -0.507 e. The Morgan fingerprint density at radius 1 is 1.38 bits per heavy atom. The van der Waals surface area contributed by atoms with Crippen molar-refractivity contribution in [3.05, 3.63) is 45.8 Å². The summed E-state index contributed by atoms with van der Waals surface area (Å²) in [5, 5.41) is 27.6. The molecule has 0 amide bonds. The maximum Gasteiger partial charge on any atom is 0.362 e. The van der Waals surface area contributed by atoms with Crippen molar-refractivity contribution in [2.75, 3.05) is 20.8 Å². The van der Waals surface area contributed by atoms with Crippen molar-refractivity contribution in [2.24, 2.45) is 10.2 Å². The first-order valence-corrected chi connectivity index (χ1v) is 5.65. The molecule has 1 rings (SSSR count). The summed E-state index contributed by atoms with van der Waals surface area (Å²) in [5.74, 6) is -1.43. The van der Waals surface area contributed by atoms with Crippen LogP contribution >= 0.6 is 0 Å². The molecule has 0 saturated carbocycles. The fourth-order valence-corrected chi connectivity index (χ4v) is 1.33. The van der Waals surface area contributed by atoms with E-state index in [1.54, 1.807) is 0 Å². The van der Waals surface area contributed by atoms with E-state index in [0.29, 0.717) is 0 Å². The fourth-order valence-electron chi connectivity index (χ4n) is 1.33. The average Bonchev–Trinajstić information content (AvgIpc) is 2.47. The molecule has 0 fully saturated rings. The van der Waals surface area contributed by atoms with E-state index in [1.165, 1.54) is 31.4 Å². The smallest absolute Gasteiger partial charge is 0.362 e. The van der Waals surface area contributed by atoms with Crippen LogP contribution in [0.1, 0.15) is 0 Å². The number of aliphatic hydroxyl groups excluding tert-OH is 1. The number of methoxy groups -OCH3 is 2. The van der Waals surface area contributed by atoms with Gasteiger partial charge in [-0.15, -0.1) is 10.2 Å². The lowest BCUT2D eigenvalue weighted by Gasteiger charge is -2.03. The van der Waals surface area contributed by atoms with Crippen molar-refractivity contribution in [2.45, 2.75) is 0 Å². The molecule has 9 nitrogen and oxygen atoms in total. The van der Waals surface area contributed by atoms with Gasteiger partial charge < -0.3 is 14.6 Å². The number of ether oxygens (including phenoxy) is 2. The number of nitrogens with zero attached hydrogens (tertiary/aromatic N) is 3. The molecule has 0 spiro atoms. The summed E-state index contributed by atoms with van der Waals surface area (Å²) in [6.07, 6.45) is 0. The quantitative estimate of drug-likeness (QED) is 0.214. The maximum atomic E-state index is 11.5. The van der Waals surface area contributed by atoms with Crippen LogP contribution in [0.25, 0.3) is 0 Å². The van der Waals surface area contributed by atoms with Crippen LogP contribution in [0.4, 0.5) is 11.4 Å². The predicted molar refractivity (Wildman–Crippen MR) is 71.2 cm³/mol. The molecule has 1 aromatic rings. The molecule has 9 heteroatoms. The Labute approximate surface area is 119 Å². The summed E-state index contributed by atoms with van der Waals surface area (Å²) in [6.45, 7) is -0.277. The lowest BCUT2D eigenvalue weighted by atomic mass is 10.3. The molecule has 1 N–H and O–H groups in total. The van der Waals surface area contributed by atoms with Crippen molar-refractivity contribution in [1.82, 2.24) is 0 Å². The van der Waals surface area contributed by atoms with Crippen molar-refractivity contribution in [1.29, 1.82) is 0 Å². The highest BCUT2D eigenvalue weighted by atomic mass is 16.6.